The van der Waals surface area contributed by atoms with Gasteiger partial charge in [0, 0.05) is 21.7 Å². The molecule has 1 atom stereocenters. The maximum atomic E-state index is 12.2. The van der Waals surface area contributed by atoms with Crippen molar-refractivity contribution in [2.24, 2.45) is 5.92 Å². The van der Waals surface area contributed by atoms with E-state index in [2.05, 4.69) is 32.8 Å². The lowest BCUT2D eigenvalue weighted by Gasteiger charge is -2.44. The maximum absolute atomic E-state index is 12.2. The van der Waals surface area contributed by atoms with E-state index in [0.717, 1.165) is 15.7 Å². The lowest BCUT2D eigenvalue weighted by molar-refractivity contribution is 0.0620. The zero-order chi connectivity index (χ0) is 12.5. The first-order valence-electron chi connectivity index (χ1n) is 6.51. The van der Waals surface area contributed by atoms with Gasteiger partial charge in [-0.15, -0.1) is 0 Å². The monoisotopic (exact) mass is 354 g/mol. The number of hydrogen-bond acceptors (Lipinski definition) is 2. The minimum Gasteiger partial charge on any atom is -0.348 e. The maximum Gasteiger partial charge on any atom is 0.251 e. The van der Waals surface area contributed by atoms with Crippen LogP contribution in [0.4, 0.5) is 0 Å². The van der Waals surface area contributed by atoms with E-state index in [4.69, 9.17) is 0 Å². The van der Waals surface area contributed by atoms with Crippen molar-refractivity contribution in [1.29, 1.82) is 0 Å². The molecular formula is C14H17IN2O. The summed E-state index contributed by atoms with van der Waals surface area (Å²) in [6.45, 7) is 3.45. The summed E-state index contributed by atoms with van der Waals surface area (Å²) in [4.78, 5) is 14.6. The van der Waals surface area contributed by atoms with Crippen molar-refractivity contribution >= 4 is 28.5 Å². The highest BCUT2D eigenvalue weighted by Crippen LogP contribution is 2.27. The Hall–Kier alpha value is -0.620. The quantitative estimate of drug-likeness (QED) is 0.826. The lowest BCUT2D eigenvalue weighted by Crippen LogP contribution is -2.57. The number of piperidine rings is 3. The van der Waals surface area contributed by atoms with E-state index in [1.807, 2.05) is 24.3 Å². The number of nitrogens with one attached hydrogen (secondary N) is 1. The van der Waals surface area contributed by atoms with Crippen LogP contribution in [0.1, 0.15) is 23.2 Å². The van der Waals surface area contributed by atoms with E-state index in [9.17, 15) is 4.79 Å². The predicted octanol–water partition coefficient (Wildman–Crippen LogP) is 2.12. The van der Waals surface area contributed by atoms with Gasteiger partial charge in [0.25, 0.3) is 5.91 Å². The molecule has 3 saturated heterocycles. The van der Waals surface area contributed by atoms with Crippen LogP contribution in [0.3, 0.4) is 0 Å². The van der Waals surface area contributed by atoms with Crippen molar-refractivity contribution in [3.05, 3.63) is 33.4 Å². The van der Waals surface area contributed by atoms with Gasteiger partial charge in [0.2, 0.25) is 0 Å². The van der Waals surface area contributed by atoms with Crippen molar-refractivity contribution < 1.29 is 4.79 Å². The highest BCUT2D eigenvalue weighted by Gasteiger charge is 2.34. The molecule has 3 nitrogen and oxygen atoms in total. The number of halogens is 1. The molecule has 3 aliphatic rings. The summed E-state index contributed by atoms with van der Waals surface area (Å²) in [6, 6.07) is 8.11. The minimum absolute atomic E-state index is 0.0742. The zero-order valence-corrected chi connectivity index (χ0v) is 12.4. The number of fused-ring (bicyclic) bond motifs is 3. The average Bonchev–Trinajstić information content (AvgIpc) is 2.41. The predicted molar refractivity (Wildman–Crippen MR) is 79.6 cm³/mol. The van der Waals surface area contributed by atoms with Gasteiger partial charge in [-0.3, -0.25) is 4.79 Å². The van der Waals surface area contributed by atoms with Gasteiger partial charge in [0.1, 0.15) is 0 Å². The van der Waals surface area contributed by atoms with Crippen molar-refractivity contribution in [1.82, 2.24) is 10.2 Å². The fourth-order valence-corrected chi connectivity index (χ4v) is 3.34. The van der Waals surface area contributed by atoms with Crippen LogP contribution in [0.25, 0.3) is 0 Å². The molecule has 0 aliphatic carbocycles. The molecule has 18 heavy (non-hydrogen) atoms. The third-order valence-electron chi connectivity index (χ3n) is 4.08. The van der Waals surface area contributed by atoms with Gasteiger partial charge in [0.05, 0.1) is 0 Å². The van der Waals surface area contributed by atoms with Crippen molar-refractivity contribution in [3.8, 4) is 0 Å². The molecule has 3 aliphatic heterocycles. The molecule has 4 rings (SSSR count). The van der Waals surface area contributed by atoms with Crippen LogP contribution in [0.15, 0.2) is 24.3 Å². The Morgan fingerprint density at radius 3 is 2.44 bits per heavy atom. The lowest BCUT2D eigenvalue weighted by atomic mass is 9.84. The Balaban J connectivity index is 1.66. The van der Waals surface area contributed by atoms with Gasteiger partial charge >= 0.3 is 0 Å². The summed E-state index contributed by atoms with van der Waals surface area (Å²) in [6.07, 6.45) is 2.47. The van der Waals surface area contributed by atoms with Crippen LogP contribution in [0.2, 0.25) is 0 Å². The average molecular weight is 354 g/mol. The fourth-order valence-electron chi connectivity index (χ4n) is 2.98. The van der Waals surface area contributed by atoms with Crippen LogP contribution in [0, 0.1) is 9.49 Å². The molecule has 1 aromatic rings. The molecule has 0 aromatic heterocycles. The SMILES string of the molecule is O=C(NC1CN2CCC1CC2)c1ccc([125I])cc1. The standard InChI is InChI=1S/C14H17IN2O/c15-12-3-1-11(2-4-12)14(18)16-13-9-17-7-5-10(13)6-8-17/h1-4,10,13H,5-9H2,(H,16,18)/i15-2. The Morgan fingerprint density at radius 1 is 1.22 bits per heavy atom. The molecule has 96 valence electrons. The minimum atomic E-state index is 0.0742. The fraction of sp³-hybridized carbons (Fsp3) is 0.500. The molecule has 1 N–H and O–H groups in total. The Bertz CT molecular complexity index is 438. The summed E-state index contributed by atoms with van der Waals surface area (Å²) in [7, 11) is 0. The number of carbonyl (C=O) groups is 1. The topological polar surface area (TPSA) is 32.3 Å². The van der Waals surface area contributed by atoms with Gasteiger partial charge in [-0.1, -0.05) is 0 Å². The first kappa shape index (κ1) is 12.4. The van der Waals surface area contributed by atoms with E-state index in [1.165, 1.54) is 25.9 Å². The third-order valence-corrected chi connectivity index (χ3v) is 4.80. The Morgan fingerprint density at radius 2 is 1.89 bits per heavy atom. The first-order chi connectivity index (χ1) is 8.72. The molecule has 3 fully saturated rings. The van der Waals surface area contributed by atoms with Crippen LogP contribution in [-0.4, -0.2) is 36.5 Å². The summed E-state index contributed by atoms with van der Waals surface area (Å²) < 4.78 is 1.16. The van der Waals surface area contributed by atoms with Crippen molar-refractivity contribution in [3.63, 3.8) is 0 Å². The highest BCUT2D eigenvalue weighted by atomic mass is 125. The van der Waals surface area contributed by atoms with E-state index >= 15 is 0 Å². The first-order valence-corrected chi connectivity index (χ1v) is 7.59. The molecule has 2 bridgehead atoms. The van der Waals surface area contributed by atoms with E-state index in [0.29, 0.717) is 12.0 Å². The van der Waals surface area contributed by atoms with Crippen LogP contribution >= 0.6 is 22.6 Å². The largest absolute Gasteiger partial charge is 0.348 e. The van der Waals surface area contributed by atoms with Gasteiger partial charge in [-0.05, 0) is 78.7 Å². The molecule has 0 radical (unpaired) electrons. The second-order valence-electron chi connectivity index (χ2n) is 5.22. The number of rotatable bonds is 2. The molecule has 1 amide bonds. The molecule has 4 heteroatoms. The summed E-state index contributed by atoms with van der Waals surface area (Å²) in [5.41, 5.74) is 0.770. The van der Waals surface area contributed by atoms with Crippen LogP contribution < -0.4 is 5.32 Å². The van der Waals surface area contributed by atoms with Crippen LogP contribution in [-0.2, 0) is 0 Å². The van der Waals surface area contributed by atoms with E-state index < -0.39 is 0 Å². The second kappa shape index (κ2) is 5.17. The van der Waals surface area contributed by atoms with Crippen molar-refractivity contribution in [2.75, 3.05) is 19.6 Å². The zero-order valence-electron chi connectivity index (χ0n) is 10.2. The second-order valence-corrected chi connectivity index (χ2v) is 6.47. The third kappa shape index (κ3) is 2.54. The number of nitrogens with zero attached hydrogens (tertiary/aromatic N) is 1. The summed E-state index contributed by atoms with van der Waals surface area (Å²) in [5.74, 6) is 0.757. The Kier molecular flexibility index (Phi) is 3.56. The Labute approximate surface area is 121 Å². The molecule has 0 spiro atoms. The molecule has 1 aromatic carbocycles. The van der Waals surface area contributed by atoms with Gasteiger partial charge in [-0.2, -0.15) is 0 Å². The smallest absolute Gasteiger partial charge is 0.251 e. The van der Waals surface area contributed by atoms with Gasteiger partial charge in [-0.25, -0.2) is 0 Å². The summed E-state index contributed by atoms with van der Waals surface area (Å²) in [5, 5.41) is 3.20. The van der Waals surface area contributed by atoms with E-state index in [-0.39, 0.29) is 5.91 Å². The number of carbonyl (C=O) groups excluding carboxylic acids is 1. The van der Waals surface area contributed by atoms with Gasteiger partial charge in [0.15, 0.2) is 0 Å². The molecular weight excluding hydrogens is 337 g/mol. The molecule has 0 saturated carbocycles. The number of amides is 1. The number of benzene rings is 1. The molecule has 1 unspecified atom stereocenters. The molecule has 3 heterocycles. The van der Waals surface area contributed by atoms with Crippen LogP contribution in [0.5, 0.6) is 0 Å². The van der Waals surface area contributed by atoms with E-state index in [1.54, 1.807) is 0 Å². The normalized spacial score (nSPS) is 30.2. The van der Waals surface area contributed by atoms with Gasteiger partial charge < -0.3 is 10.2 Å². The number of hydrogen-bond donors (Lipinski definition) is 1. The summed E-state index contributed by atoms with van der Waals surface area (Å²) >= 11 is 2.25. The van der Waals surface area contributed by atoms with Crippen molar-refractivity contribution in [2.45, 2.75) is 18.9 Å². The highest BCUT2D eigenvalue weighted by molar-refractivity contribution is 14.1.